The first-order valence-electron chi connectivity index (χ1n) is 14.6. The van der Waals surface area contributed by atoms with Gasteiger partial charge in [0.2, 0.25) is 11.8 Å². The number of carbonyl (C=O) groups is 2. The molecule has 37 heavy (non-hydrogen) atoms. The van der Waals surface area contributed by atoms with Gasteiger partial charge in [-0.2, -0.15) is 0 Å². The quantitative estimate of drug-likeness (QED) is 0.140. The van der Waals surface area contributed by atoms with Crippen LogP contribution in [0.25, 0.3) is 11.0 Å². The highest BCUT2D eigenvalue weighted by molar-refractivity contribution is 5.93. The molecule has 0 aliphatic carbocycles. The van der Waals surface area contributed by atoms with Gasteiger partial charge in [-0.25, -0.2) is 4.79 Å². The Kier molecular flexibility index (Phi) is 15.4. The van der Waals surface area contributed by atoms with Crippen LogP contribution in [0, 0.1) is 6.92 Å². The number of benzene rings is 1. The SMILES string of the molecule is CCCCCCCCCCCCCC(=O)NCCCCCCC(=O)Nc1ccc2c(C)cc(=O)oc2c1. The third-order valence-electron chi connectivity index (χ3n) is 6.90. The van der Waals surface area contributed by atoms with Crippen molar-refractivity contribution in [3.63, 3.8) is 0 Å². The first-order valence-corrected chi connectivity index (χ1v) is 14.6. The van der Waals surface area contributed by atoms with E-state index in [0.717, 1.165) is 49.5 Å². The molecule has 0 atom stereocenters. The minimum Gasteiger partial charge on any atom is -0.423 e. The number of nitrogens with one attached hydrogen (secondary N) is 2. The lowest BCUT2D eigenvalue weighted by molar-refractivity contribution is -0.121. The Morgan fingerprint density at radius 3 is 1.95 bits per heavy atom. The highest BCUT2D eigenvalue weighted by Gasteiger charge is 2.07. The van der Waals surface area contributed by atoms with Crippen LogP contribution in [-0.2, 0) is 9.59 Å². The van der Waals surface area contributed by atoms with Crippen molar-refractivity contribution in [1.29, 1.82) is 0 Å². The Morgan fingerprint density at radius 1 is 0.730 bits per heavy atom. The predicted octanol–water partition coefficient (Wildman–Crippen LogP) is 7.81. The largest absolute Gasteiger partial charge is 0.423 e. The Labute approximate surface area is 223 Å². The van der Waals surface area contributed by atoms with Crippen LogP contribution in [-0.4, -0.2) is 18.4 Å². The van der Waals surface area contributed by atoms with Crippen LogP contribution in [0.5, 0.6) is 0 Å². The Morgan fingerprint density at radius 2 is 1.30 bits per heavy atom. The number of rotatable bonds is 20. The van der Waals surface area contributed by atoms with Gasteiger partial charge in [0.05, 0.1) is 0 Å². The fourth-order valence-electron chi connectivity index (χ4n) is 4.66. The molecule has 0 radical (unpaired) electrons. The topological polar surface area (TPSA) is 88.4 Å². The summed E-state index contributed by atoms with van der Waals surface area (Å²) in [6.07, 6.45) is 19.0. The van der Waals surface area contributed by atoms with Gasteiger partial charge in [0.15, 0.2) is 0 Å². The van der Waals surface area contributed by atoms with Crippen LogP contribution in [0.4, 0.5) is 5.69 Å². The lowest BCUT2D eigenvalue weighted by Gasteiger charge is -2.07. The number of unbranched alkanes of at least 4 members (excludes halogenated alkanes) is 13. The molecule has 0 aliphatic rings. The monoisotopic (exact) mass is 512 g/mol. The van der Waals surface area contributed by atoms with Crippen molar-refractivity contribution in [2.45, 2.75) is 123 Å². The molecule has 0 bridgehead atoms. The summed E-state index contributed by atoms with van der Waals surface area (Å²) in [6.45, 7) is 4.83. The average molecular weight is 513 g/mol. The normalized spacial score (nSPS) is 11.1. The number of fused-ring (bicyclic) bond motifs is 1. The highest BCUT2D eigenvalue weighted by atomic mass is 16.4. The molecule has 0 aliphatic heterocycles. The van der Waals surface area contributed by atoms with E-state index in [1.54, 1.807) is 6.07 Å². The molecule has 1 aromatic heterocycles. The van der Waals surface area contributed by atoms with Gasteiger partial charge in [-0.05, 0) is 43.9 Å². The maximum atomic E-state index is 12.2. The van der Waals surface area contributed by atoms with E-state index >= 15 is 0 Å². The minimum atomic E-state index is -0.390. The number of aryl methyl sites for hydroxylation is 1. The van der Waals surface area contributed by atoms with E-state index < -0.39 is 5.63 Å². The van der Waals surface area contributed by atoms with Crippen LogP contribution in [0.1, 0.15) is 122 Å². The predicted molar refractivity (Wildman–Crippen MR) is 153 cm³/mol. The molecule has 0 saturated carbocycles. The molecule has 6 heteroatoms. The molecule has 1 heterocycles. The average Bonchev–Trinajstić information content (AvgIpc) is 2.86. The van der Waals surface area contributed by atoms with Crippen LogP contribution >= 0.6 is 0 Å². The molecule has 2 N–H and O–H groups in total. The van der Waals surface area contributed by atoms with Gasteiger partial charge in [0.1, 0.15) is 5.58 Å². The summed E-state index contributed by atoms with van der Waals surface area (Å²) in [6, 6.07) is 6.84. The molecule has 2 amide bonds. The van der Waals surface area contributed by atoms with E-state index in [-0.39, 0.29) is 11.8 Å². The summed E-state index contributed by atoms with van der Waals surface area (Å²) in [5, 5.41) is 6.77. The Bertz CT molecular complexity index is 998. The van der Waals surface area contributed by atoms with Gasteiger partial charge in [0.25, 0.3) is 0 Å². The molecular weight excluding hydrogens is 464 g/mol. The second-order valence-electron chi connectivity index (χ2n) is 10.3. The van der Waals surface area contributed by atoms with E-state index in [0.29, 0.717) is 30.7 Å². The van der Waals surface area contributed by atoms with E-state index in [1.165, 1.54) is 63.9 Å². The maximum absolute atomic E-state index is 12.2. The molecule has 2 aromatic rings. The van der Waals surface area contributed by atoms with Gasteiger partial charge in [-0.1, -0.05) is 84.0 Å². The molecule has 0 spiro atoms. The fourth-order valence-corrected chi connectivity index (χ4v) is 4.66. The first-order chi connectivity index (χ1) is 18.0. The molecule has 2 rings (SSSR count). The smallest absolute Gasteiger partial charge is 0.336 e. The molecule has 0 unspecified atom stereocenters. The lowest BCUT2D eigenvalue weighted by Crippen LogP contribution is -2.23. The first kappa shape index (κ1) is 30.6. The summed E-state index contributed by atoms with van der Waals surface area (Å²) in [5.74, 6) is 0.117. The van der Waals surface area contributed by atoms with Crippen molar-refractivity contribution in [2.75, 3.05) is 11.9 Å². The molecule has 0 fully saturated rings. The molecule has 1 aromatic carbocycles. The third kappa shape index (κ3) is 13.5. The van der Waals surface area contributed by atoms with Crippen LogP contribution in [0.15, 0.2) is 33.5 Å². The number of amides is 2. The standard InChI is InChI=1S/C31H48N2O4/c1-3-4-5-6-7-8-9-10-11-12-15-18-29(34)32-22-17-14-13-16-19-30(35)33-26-20-21-27-25(2)23-31(36)37-28(27)24-26/h20-21,23-24H,3-19,22H2,1-2H3,(H,32,34)(H,33,35). The lowest BCUT2D eigenvalue weighted by atomic mass is 10.1. The van der Waals surface area contributed by atoms with Crippen LogP contribution < -0.4 is 16.3 Å². The zero-order chi connectivity index (χ0) is 26.7. The minimum absolute atomic E-state index is 0.0466. The fraction of sp³-hybridized carbons (Fsp3) is 0.645. The van der Waals surface area contributed by atoms with E-state index in [2.05, 4.69) is 17.6 Å². The van der Waals surface area contributed by atoms with E-state index in [1.807, 2.05) is 19.1 Å². The van der Waals surface area contributed by atoms with Crippen molar-refractivity contribution in [2.24, 2.45) is 0 Å². The van der Waals surface area contributed by atoms with Gasteiger partial charge in [0, 0.05) is 42.6 Å². The highest BCUT2D eigenvalue weighted by Crippen LogP contribution is 2.21. The maximum Gasteiger partial charge on any atom is 0.336 e. The van der Waals surface area contributed by atoms with Gasteiger partial charge < -0.3 is 15.1 Å². The van der Waals surface area contributed by atoms with Crippen molar-refractivity contribution in [1.82, 2.24) is 5.32 Å². The van der Waals surface area contributed by atoms with Crippen molar-refractivity contribution in [3.8, 4) is 0 Å². The molecule has 6 nitrogen and oxygen atoms in total. The number of hydrogen-bond donors (Lipinski definition) is 2. The van der Waals surface area contributed by atoms with E-state index in [4.69, 9.17) is 4.42 Å². The number of carbonyl (C=O) groups excluding carboxylic acids is 2. The van der Waals surface area contributed by atoms with E-state index in [9.17, 15) is 14.4 Å². The van der Waals surface area contributed by atoms with Crippen molar-refractivity contribution < 1.29 is 14.0 Å². The van der Waals surface area contributed by atoms with Gasteiger partial charge in [-0.15, -0.1) is 0 Å². The second-order valence-corrected chi connectivity index (χ2v) is 10.3. The molecule has 0 saturated heterocycles. The summed E-state index contributed by atoms with van der Waals surface area (Å²) in [7, 11) is 0. The van der Waals surface area contributed by atoms with Crippen molar-refractivity contribution >= 4 is 28.5 Å². The summed E-state index contributed by atoms with van der Waals surface area (Å²) in [5.41, 5.74) is 1.58. The van der Waals surface area contributed by atoms with Crippen LogP contribution in [0.2, 0.25) is 0 Å². The number of hydrogen-bond acceptors (Lipinski definition) is 4. The summed E-state index contributed by atoms with van der Waals surface area (Å²) >= 11 is 0. The zero-order valence-electron chi connectivity index (χ0n) is 23.2. The summed E-state index contributed by atoms with van der Waals surface area (Å²) in [4.78, 5) is 35.8. The van der Waals surface area contributed by atoms with Crippen LogP contribution in [0.3, 0.4) is 0 Å². The zero-order valence-corrected chi connectivity index (χ0v) is 23.2. The molecule has 206 valence electrons. The second kappa shape index (κ2) is 18.6. The van der Waals surface area contributed by atoms with Crippen molar-refractivity contribution in [3.05, 3.63) is 40.2 Å². The third-order valence-corrected chi connectivity index (χ3v) is 6.90. The van der Waals surface area contributed by atoms with Gasteiger partial charge in [-0.3, -0.25) is 9.59 Å². The Hall–Kier alpha value is -2.63. The molecular formula is C31H48N2O4. The number of anilines is 1. The Balaban J connectivity index is 1.42. The van der Waals surface area contributed by atoms with Gasteiger partial charge >= 0.3 is 5.63 Å². The summed E-state index contributed by atoms with van der Waals surface area (Å²) < 4.78 is 5.24.